The molecule has 0 unspecified atom stereocenters. The number of rotatable bonds is 7. The predicted octanol–water partition coefficient (Wildman–Crippen LogP) is 1.83. The molecule has 0 fully saturated rings. The first-order chi connectivity index (χ1) is 5.70. The number of hydrogen-bond acceptors (Lipinski definition) is 2. The zero-order valence-electron chi connectivity index (χ0n) is 8.07. The summed E-state index contributed by atoms with van der Waals surface area (Å²) in [5.74, 6) is 0. The summed E-state index contributed by atoms with van der Waals surface area (Å²) in [6, 6.07) is 0. The van der Waals surface area contributed by atoms with E-state index in [0.29, 0.717) is 0 Å². The highest BCUT2D eigenvalue weighted by atomic mass is 79.9. The third kappa shape index (κ3) is 6.83. The van der Waals surface area contributed by atoms with E-state index >= 15 is 0 Å². The van der Waals surface area contributed by atoms with Gasteiger partial charge in [0.1, 0.15) is 0 Å². The Morgan fingerprint density at radius 3 is 2.42 bits per heavy atom. The van der Waals surface area contributed by atoms with Crippen molar-refractivity contribution >= 4 is 15.9 Å². The van der Waals surface area contributed by atoms with E-state index in [1.54, 1.807) is 0 Å². The molecule has 0 saturated carbocycles. The Balaban J connectivity index is 3.23. The third-order valence-corrected chi connectivity index (χ3v) is 2.10. The van der Waals surface area contributed by atoms with Gasteiger partial charge in [0, 0.05) is 24.1 Å². The maximum absolute atomic E-state index is 3.75. The fourth-order valence-corrected chi connectivity index (χ4v) is 1.20. The van der Waals surface area contributed by atoms with Crippen molar-refractivity contribution in [3.05, 3.63) is 11.1 Å². The first-order valence-corrected chi connectivity index (χ1v) is 5.26. The van der Waals surface area contributed by atoms with Crippen molar-refractivity contribution in [3.63, 3.8) is 0 Å². The van der Waals surface area contributed by atoms with Gasteiger partial charge >= 0.3 is 0 Å². The van der Waals surface area contributed by atoms with Crippen LogP contribution < -0.4 is 5.32 Å². The fraction of sp³-hybridized carbons (Fsp3) is 0.778. The third-order valence-electron chi connectivity index (χ3n) is 1.82. The molecule has 0 aliphatic heterocycles. The molecule has 1 N–H and O–H groups in total. The molecular weight excluding hydrogens is 216 g/mol. The number of nitrogens with one attached hydrogen (secondary N) is 1. The van der Waals surface area contributed by atoms with Gasteiger partial charge in [-0.2, -0.15) is 0 Å². The highest BCUT2D eigenvalue weighted by molar-refractivity contribution is 9.11. The van der Waals surface area contributed by atoms with Crippen LogP contribution in [0, 0.1) is 0 Å². The van der Waals surface area contributed by atoms with Crippen LogP contribution in [0.3, 0.4) is 0 Å². The Kier molecular flexibility index (Phi) is 7.86. The summed E-state index contributed by atoms with van der Waals surface area (Å²) in [4.78, 5) is 2.39. The van der Waals surface area contributed by atoms with Crippen molar-refractivity contribution in [1.82, 2.24) is 10.2 Å². The van der Waals surface area contributed by atoms with Crippen molar-refractivity contribution in [2.75, 3.05) is 32.7 Å². The summed E-state index contributed by atoms with van der Waals surface area (Å²) >= 11 is 3.31. The van der Waals surface area contributed by atoms with Crippen LogP contribution in [0.1, 0.15) is 13.8 Å². The van der Waals surface area contributed by atoms with Crippen molar-refractivity contribution in [1.29, 1.82) is 0 Å². The number of nitrogens with zero attached hydrogens (tertiary/aromatic N) is 1. The normalized spacial score (nSPS) is 10.7. The minimum absolute atomic E-state index is 0.862. The second-order valence-corrected chi connectivity index (χ2v) is 3.84. The number of hydrogen-bond donors (Lipinski definition) is 1. The lowest BCUT2D eigenvalue weighted by Gasteiger charge is -2.17. The molecule has 0 saturated heterocycles. The Morgan fingerprint density at radius 2 is 2.00 bits per heavy atom. The summed E-state index contributed by atoms with van der Waals surface area (Å²) < 4.78 is 1.02. The second kappa shape index (κ2) is 7.77. The van der Waals surface area contributed by atoms with Crippen LogP contribution in [-0.2, 0) is 0 Å². The van der Waals surface area contributed by atoms with Gasteiger partial charge in [-0.3, -0.25) is 0 Å². The Bertz CT molecular complexity index is 122. The second-order valence-electron chi connectivity index (χ2n) is 2.72. The molecule has 0 spiro atoms. The maximum atomic E-state index is 3.75. The molecule has 0 bridgehead atoms. The summed E-state index contributed by atoms with van der Waals surface area (Å²) in [6.45, 7) is 13.4. The highest BCUT2D eigenvalue weighted by Crippen LogP contribution is 1.96. The monoisotopic (exact) mass is 234 g/mol. The molecule has 0 aromatic carbocycles. The predicted molar refractivity (Wildman–Crippen MR) is 58.7 cm³/mol. The van der Waals surface area contributed by atoms with Gasteiger partial charge in [0.25, 0.3) is 0 Å². The molecule has 0 aromatic heterocycles. The Hall–Kier alpha value is 0.140. The van der Waals surface area contributed by atoms with Crippen LogP contribution in [0.4, 0.5) is 0 Å². The summed E-state index contributed by atoms with van der Waals surface area (Å²) in [5, 5.41) is 3.30. The zero-order chi connectivity index (χ0) is 9.40. The average molecular weight is 235 g/mol. The van der Waals surface area contributed by atoms with Gasteiger partial charge in [0.05, 0.1) is 0 Å². The molecule has 0 aliphatic rings. The van der Waals surface area contributed by atoms with Gasteiger partial charge < -0.3 is 10.2 Å². The molecule has 0 amide bonds. The van der Waals surface area contributed by atoms with E-state index in [-0.39, 0.29) is 0 Å². The maximum Gasteiger partial charge on any atom is 0.0266 e. The van der Waals surface area contributed by atoms with Gasteiger partial charge in [0.2, 0.25) is 0 Å². The number of likely N-dealkylation sites (N-methyl/N-ethyl adjacent to an activating group) is 1. The first-order valence-electron chi connectivity index (χ1n) is 4.47. The molecule has 0 rings (SSSR count). The van der Waals surface area contributed by atoms with E-state index in [2.05, 4.69) is 46.6 Å². The van der Waals surface area contributed by atoms with E-state index in [1.165, 1.54) is 0 Å². The smallest absolute Gasteiger partial charge is 0.0266 e. The minimum Gasteiger partial charge on any atom is -0.311 e. The lowest BCUT2D eigenvalue weighted by Crippen LogP contribution is -2.32. The molecule has 2 nitrogen and oxygen atoms in total. The van der Waals surface area contributed by atoms with Gasteiger partial charge in [-0.15, -0.1) is 0 Å². The molecule has 0 radical (unpaired) electrons. The van der Waals surface area contributed by atoms with Crippen molar-refractivity contribution in [2.45, 2.75) is 13.8 Å². The van der Waals surface area contributed by atoms with E-state index in [4.69, 9.17) is 0 Å². The fourth-order valence-electron chi connectivity index (χ4n) is 1.00. The van der Waals surface area contributed by atoms with Crippen LogP contribution in [0.15, 0.2) is 11.1 Å². The standard InChI is InChI=1S/C9H19BrN2/c1-4-12(5-2)7-6-11-8-9(3)10/h11H,3-8H2,1-2H3. The molecule has 3 heteroatoms. The van der Waals surface area contributed by atoms with E-state index in [0.717, 1.165) is 37.2 Å². The molecule has 0 aromatic rings. The molecule has 12 heavy (non-hydrogen) atoms. The quantitative estimate of drug-likeness (QED) is 0.677. The van der Waals surface area contributed by atoms with E-state index in [1.807, 2.05) is 0 Å². The molecular formula is C9H19BrN2. The van der Waals surface area contributed by atoms with Gasteiger partial charge in [-0.05, 0) is 13.1 Å². The molecule has 0 atom stereocenters. The summed E-state index contributed by atoms with van der Waals surface area (Å²) in [6.07, 6.45) is 0. The molecule has 0 aliphatic carbocycles. The van der Waals surface area contributed by atoms with Crippen LogP contribution >= 0.6 is 15.9 Å². The van der Waals surface area contributed by atoms with Crippen LogP contribution in [0.5, 0.6) is 0 Å². The Morgan fingerprint density at radius 1 is 1.42 bits per heavy atom. The summed E-state index contributed by atoms with van der Waals surface area (Å²) in [5.41, 5.74) is 0. The average Bonchev–Trinajstić information content (AvgIpc) is 2.04. The van der Waals surface area contributed by atoms with Crippen LogP contribution in [-0.4, -0.2) is 37.6 Å². The largest absolute Gasteiger partial charge is 0.311 e. The van der Waals surface area contributed by atoms with Crippen molar-refractivity contribution < 1.29 is 0 Å². The topological polar surface area (TPSA) is 15.3 Å². The van der Waals surface area contributed by atoms with E-state index < -0.39 is 0 Å². The first kappa shape index (κ1) is 12.1. The van der Waals surface area contributed by atoms with Crippen LogP contribution in [0.2, 0.25) is 0 Å². The van der Waals surface area contributed by atoms with E-state index in [9.17, 15) is 0 Å². The summed E-state index contributed by atoms with van der Waals surface area (Å²) in [7, 11) is 0. The van der Waals surface area contributed by atoms with Crippen LogP contribution in [0.25, 0.3) is 0 Å². The minimum atomic E-state index is 0.862. The van der Waals surface area contributed by atoms with Crippen molar-refractivity contribution in [3.8, 4) is 0 Å². The van der Waals surface area contributed by atoms with Gasteiger partial charge in [-0.1, -0.05) is 36.4 Å². The molecule has 72 valence electrons. The number of halogens is 1. The van der Waals surface area contributed by atoms with Gasteiger partial charge in [-0.25, -0.2) is 0 Å². The van der Waals surface area contributed by atoms with Crippen molar-refractivity contribution in [2.24, 2.45) is 0 Å². The highest BCUT2D eigenvalue weighted by Gasteiger charge is 1.96. The lowest BCUT2D eigenvalue weighted by molar-refractivity contribution is 0.304. The van der Waals surface area contributed by atoms with Gasteiger partial charge in [0.15, 0.2) is 0 Å². The lowest BCUT2D eigenvalue weighted by atomic mass is 10.4. The zero-order valence-corrected chi connectivity index (χ0v) is 9.65. The molecule has 0 heterocycles. The Labute approximate surface area is 84.1 Å². The SMILES string of the molecule is C=C(Br)CNCCN(CC)CC.